The molecule has 0 bridgehead atoms. The highest BCUT2D eigenvalue weighted by molar-refractivity contribution is 5.87. The van der Waals surface area contributed by atoms with Crippen molar-refractivity contribution in [3.8, 4) is 0 Å². The molecular weight excluding hydrogens is 267 g/mol. The van der Waals surface area contributed by atoms with Crippen molar-refractivity contribution in [3.63, 3.8) is 0 Å². The van der Waals surface area contributed by atoms with Crippen molar-refractivity contribution in [1.29, 1.82) is 0 Å². The summed E-state index contributed by atoms with van der Waals surface area (Å²) in [6.45, 7) is 0.0227. The summed E-state index contributed by atoms with van der Waals surface area (Å²) in [7, 11) is 1.18. The van der Waals surface area contributed by atoms with Crippen LogP contribution in [-0.4, -0.2) is 30.8 Å². The molecule has 0 saturated heterocycles. The normalized spacial score (nSPS) is 11.6. The summed E-state index contributed by atoms with van der Waals surface area (Å²) in [5.74, 6) is -0.874. The van der Waals surface area contributed by atoms with Gasteiger partial charge in [0.05, 0.1) is 12.8 Å². The highest BCUT2D eigenvalue weighted by Crippen LogP contribution is 2.18. The quantitative estimate of drug-likeness (QED) is 0.750. The monoisotopic (exact) mass is 281 g/mol. The molecule has 0 unspecified atom stereocenters. The van der Waals surface area contributed by atoms with E-state index in [1.807, 2.05) is 6.92 Å². The number of aromatic nitrogens is 1. The second kappa shape index (κ2) is 6.55. The zero-order valence-electron chi connectivity index (χ0n) is 10.5. The molecule has 8 heteroatoms. The molecular formula is C11H14F3NO4. The van der Waals surface area contributed by atoms with Crippen molar-refractivity contribution in [2.45, 2.75) is 32.5 Å². The highest BCUT2D eigenvalue weighted by atomic mass is 19.4. The molecule has 0 atom stereocenters. The SMILES string of the molecule is CCCc1nc(COCC(F)(F)F)oc1C(=O)OC. The first-order chi connectivity index (χ1) is 8.87. The van der Waals surface area contributed by atoms with Crippen LogP contribution in [0.25, 0.3) is 0 Å². The van der Waals surface area contributed by atoms with Gasteiger partial charge in [0.1, 0.15) is 13.2 Å². The Kier molecular flexibility index (Phi) is 5.34. The lowest BCUT2D eigenvalue weighted by molar-refractivity contribution is -0.177. The molecule has 1 heterocycles. The van der Waals surface area contributed by atoms with E-state index >= 15 is 0 Å². The summed E-state index contributed by atoms with van der Waals surface area (Å²) in [5.41, 5.74) is 0.361. The second-order valence-corrected chi connectivity index (χ2v) is 3.73. The predicted molar refractivity (Wildman–Crippen MR) is 57.5 cm³/mol. The summed E-state index contributed by atoms with van der Waals surface area (Å²) < 4.78 is 49.7. The zero-order valence-corrected chi connectivity index (χ0v) is 10.5. The van der Waals surface area contributed by atoms with Crippen molar-refractivity contribution in [3.05, 3.63) is 17.3 Å². The Labute approximate surface area is 107 Å². The summed E-state index contributed by atoms with van der Waals surface area (Å²) in [6, 6.07) is 0. The van der Waals surface area contributed by atoms with Crippen molar-refractivity contribution < 1.29 is 31.9 Å². The molecule has 0 aliphatic carbocycles. The number of alkyl halides is 3. The van der Waals surface area contributed by atoms with Crippen LogP contribution in [0, 0.1) is 0 Å². The molecule has 1 aromatic rings. The van der Waals surface area contributed by atoms with E-state index in [0.29, 0.717) is 18.5 Å². The van der Waals surface area contributed by atoms with E-state index in [1.54, 1.807) is 0 Å². The van der Waals surface area contributed by atoms with E-state index < -0.39 is 25.4 Å². The Bertz CT molecular complexity index is 428. The van der Waals surface area contributed by atoms with Crippen LogP contribution in [0.5, 0.6) is 0 Å². The topological polar surface area (TPSA) is 61.6 Å². The number of carbonyl (C=O) groups excluding carboxylic acids is 1. The maximum atomic E-state index is 11.9. The average molecular weight is 281 g/mol. The van der Waals surface area contributed by atoms with Crippen LogP contribution in [-0.2, 0) is 22.5 Å². The zero-order chi connectivity index (χ0) is 14.5. The minimum atomic E-state index is -4.41. The molecule has 0 radical (unpaired) electrons. The smallest absolute Gasteiger partial charge is 0.411 e. The van der Waals surface area contributed by atoms with E-state index in [-0.39, 0.29) is 11.7 Å². The van der Waals surface area contributed by atoms with Gasteiger partial charge in [-0.1, -0.05) is 13.3 Å². The van der Waals surface area contributed by atoms with Gasteiger partial charge in [-0.25, -0.2) is 9.78 Å². The molecule has 0 N–H and O–H groups in total. The third-order valence-electron chi connectivity index (χ3n) is 2.09. The lowest BCUT2D eigenvalue weighted by Gasteiger charge is -2.04. The first-order valence-corrected chi connectivity index (χ1v) is 5.58. The maximum absolute atomic E-state index is 11.9. The standard InChI is InChI=1S/C11H14F3NO4/c1-3-4-7-9(10(16)17-2)19-8(15-7)5-18-6-11(12,13)14/h3-6H2,1-2H3. The van der Waals surface area contributed by atoms with Gasteiger partial charge in [0.25, 0.3) is 0 Å². The van der Waals surface area contributed by atoms with Gasteiger partial charge in [-0.15, -0.1) is 0 Å². The number of nitrogens with zero attached hydrogens (tertiary/aromatic N) is 1. The molecule has 0 aliphatic heterocycles. The minimum Gasteiger partial charge on any atom is -0.463 e. The lowest BCUT2D eigenvalue weighted by Crippen LogP contribution is -2.16. The molecule has 1 rings (SSSR count). The Morgan fingerprint density at radius 2 is 2.11 bits per heavy atom. The van der Waals surface area contributed by atoms with Crippen LogP contribution < -0.4 is 0 Å². The highest BCUT2D eigenvalue weighted by Gasteiger charge is 2.28. The largest absolute Gasteiger partial charge is 0.463 e. The van der Waals surface area contributed by atoms with Crippen LogP contribution in [0.1, 0.15) is 35.5 Å². The number of hydrogen-bond donors (Lipinski definition) is 0. The predicted octanol–water partition coefficient (Wildman–Crippen LogP) is 2.49. The molecule has 0 aliphatic rings. The Balaban J connectivity index is 2.72. The molecule has 1 aromatic heterocycles. The van der Waals surface area contributed by atoms with E-state index in [9.17, 15) is 18.0 Å². The third kappa shape index (κ3) is 4.90. The molecule has 19 heavy (non-hydrogen) atoms. The Morgan fingerprint density at radius 3 is 2.63 bits per heavy atom. The molecule has 0 spiro atoms. The van der Waals surface area contributed by atoms with Gasteiger partial charge in [0.15, 0.2) is 0 Å². The van der Waals surface area contributed by atoms with Crippen LogP contribution in [0.3, 0.4) is 0 Å². The van der Waals surface area contributed by atoms with Crippen molar-refractivity contribution >= 4 is 5.97 Å². The second-order valence-electron chi connectivity index (χ2n) is 3.73. The fourth-order valence-electron chi connectivity index (χ4n) is 1.38. The van der Waals surface area contributed by atoms with E-state index in [1.165, 1.54) is 7.11 Å². The van der Waals surface area contributed by atoms with Crippen LogP contribution in [0.2, 0.25) is 0 Å². The van der Waals surface area contributed by atoms with Gasteiger partial charge in [0.2, 0.25) is 11.7 Å². The van der Waals surface area contributed by atoms with E-state index in [0.717, 1.165) is 0 Å². The van der Waals surface area contributed by atoms with Gasteiger partial charge >= 0.3 is 12.1 Å². The number of aryl methyl sites for hydroxylation is 1. The van der Waals surface area contributed by atoms with Crippen molar-refractivity contribution in [2.75, 3.05) is 13.7 Å². The number of esters is 1. The van der Waals surface area contributed by atoms with Crippen LogP contribution >= 0.6 is 0 Å². The first kappa shape index (κ1) is 15.5. The Hall–Kier alpha value is -1.57. The van der Waals surface area contributed by atoms with Gasteiger partial charge < -0.3 is 13.9 Å². The average Bonchev–Trinajstić information content (AvgIpc) is 2.70. The van der Waals surface area contributed by atoms with Crippen LogP contribution in [0.4, 0.5) is 13.2 Å². The van der Waals surface area contributed by atoms with Gasteiger partial charge in [0, 0.05) is 0 Å². The number of oxazole rings is 1. The Morgan fingerprint density at radius 1 is 1.42 bits per heavy atom. The summed E-state index contributed by atoms with van der Waals surface area (Å²) in [4.78, 5) is 15.3. The molecule has 0 amide bonds. The minimum absolute atomic E-state index is 0.0758. The number of rotatable bonds is 6. The molecule has 0 aromatic carbocycles. The fourth-order valence-corrected chi connectivity index (χ4v) is 1.38. The summed E-state index contributed by atoms with van der Waals surface area (Å²) in [5, 5.41) is 0. The van der Waals surface area contributed by atoms with Gasteiger partial charge in [-0.05, 0) is 6.42 Å². The van der Waals surface area contributed by atoms with E-state index in [2.05, 4.69) is 14.5 Å². The molecule has 5 nitrogen and oxygen atoms in total. The first-order valence-electron chi connectivity index (χ1n) is 5.58. The number of carbonyl (C=O) groups is 1. The fraction of sp³-hybridized carbons (Fsp3) is 0.636. The number of hydrogen-bond acceptors (Lipinski definition) is 5. The number of ether oxygens (including phenoxy) is 2. The lowest BCUT2D eigenvalue weighted by atomic mass is 10.2. The van der Waals surface area contributed by atoms with Gasteiger partial charge in [-0.3, -0.25) is 0 Å². The molecule has 108 valence electrons. The molecule has 0 fully saturated rings. The summed E-state index contributed by atoms with van der Waals surface area (Å²) in [6.07, 6.45) is -3.24. The van der Waals surface area contributed by atoms with Gasteiger partial charge in [-0.2, -0.15) is 13.2 Å². The van der Waals surface area contributed by atoms with Crippen molar-refractivity contribution in [2.24, 2.45) is 0 Å². The number of halogens is 3. The number of methoxy groups -OCH3 is 1. The third-order valence-corrected chi connectivity index (χ3v) is 2.09. The van der Waals surface area contributed by atoms with Crippen molar-refractivity contribution in [1.82, 2.24) is 4.98 Å². The molecule has 0 saturated carbocycles. The van der Waals surface area contributed by atoms with E-state index in [4.69, 9.17) is 4.42 Å². The summed E-state index contributed by atoms with van der Waals surface area (Å²) >= 11 is 0. The van der Waals surface area contributed by atoms with Crippen LogP contribution in [0.15, 0.2) is 4.42 Å². The maximum Gasteiger partial charge on any atom is 0.411 e.